The summed E-state index contributed by atoms with van der Waals surface area (Å²) in [5.74, 6) is 0.463. The number of hydrogen-bond acceptors (Lipinski definition) is 4. The minimum absolute atomic E-state index is 0.115. The highest BCUT2D eigenvalue weighted by Gasteiger charge is 2.45. The van der Waals surface area contributed by atoms with Crippen LogP contribution < -0.4 is 10.1 Å². The molecule has 0 aromatic heterocycles. The molecule has 0 saturated carbocycles. The topological polar surface area (TPSA) is 39.7 Å². The lowest BCUT2D eigenvalue weighted by atomic mass is 9.87. The van der Waals surface area contributed by atoms with E-state index in [0.29, 0.717) is 16.6 Å². The molecule has 174 valence electrons. The minimum atomic E-state index is -0.681. The summed E-state index contributed by atoms with van der Waals surface area (Å²) in [5.41, 5.74) is 2.79. The molecule has 0 fully saturated rings. The highest BCUT2D eigenvalue weighted by Crippen LogP contribution is 2.45. The second-order valence-electron chi connectivity index (χ2n) is 8.67. The van der Waals surface area contributed by atoms with E-state index >= 15 is 0 Å². The van der Waals surface area contributed by atoms with Crippen molar-refractivity contribution in [3.63, 3.8) is 0 Å². The van der Waals surface area contributed by atoms with Crippen LogP contribution >= 0.6 is 15.9 Å². The van der Waals surface area contributed by atoms with Crippen LogP contribution in [0.15, 0.2) is 71.2 Å². The van der Waals surface area contributed by atoms with Gasteiger partial charge in [0.05, 0.1) is 13.2 Å². The van der Waals surface area contributed by atoms with Gasteiger partial charge in [-0.1, -0.05) is 52.3 Å². The van der Waals surface area contributed by atoms with Crippen LogP contribution in [0.3, 0.4) is 0 Å². The Hall–Kier alpha value is -2.41. The molecule has 4 nitrogen and oxygen atoms in total. The molecule has 6 heteroatoms. The zero-order valence-electron chi connectivity index (χ0n) is 19.1. The molecule has 1 heterocycles. The number of benzene rings is 3. The van der Waals surface area contributed by atoms with Crippen molar-refractivity contribution in [2.45, 2.75) is 51.8 Å². The Kier molecular flexibility index (Phi) is 7.37. The van der Waals surface area contributed by atoms with Crippen LogP contribution in [0.25, 0.3) is 0 Å². The van der Waals surface area contributed by atoms with Crippen molar-refractivity contribution >= 4 is 21.6 Å². The van der Waals surface area contributed by atoms with Gasteiger partial charge in [-0.2, -0.15) is 0 Å². The summed E-state index contributed by atoms with van der Waals surface area (Å²) < 4.78 is 34.3. The first-order valence-electron chi connectivity index (χ1n) is 11.2. The van der Waals surface area contributed by atoms with Crippen LogP contribution in [0.1, 0.15) is 43.6 Å². The summed E-state index contributed by atoms with van der Waals surface area (Å²) in [6.45, 7) is 7.37. The van der Waals surface area contributed by atoms with Crippen LogP contribution in [0.4, 0.5) is 10.1 Å². The number of anilines is 1. The third-order valence-electron chi connectivity index (χ3n) is 5.74. The summed E-state index contributed by atoms with van der Waals surface area (Å²) >= 11 is 3.31. The molecular weight excluding hydrogens is 485 g/mol. The van der Waals surface area contributed by atoms with Gasteiger partial charge in [-0.15, -0.1) is 0 Å². The molecule has 2 atom stereocenters. The molecule has 2 unspecified atom stereocenters. The first-order chi connectivity index (χ1) is 15.9. The zero-order chi connectivity index (χ0) is 23.4. The van der Waals surface area contributed by atoms with Crippen molar-refractivity contribution < 1.29 is 18.6 Å². The molecule has 33 heavy (non-hydrogen) atoms. The smallest absolute Gasteiger partial charge is 0.132 e. The predicted octanol–water partition coefficient (Wildman–Crippen LogP) is 7.03. The molecule has 1 aliphatic rings. The third-order valence-corrected chi connectivity index (χ3v) is 6.23. The summed E-state index contributed by atoms with van der Waals surface area (Å²) in [7, 11) is 0. The van der Waals surface area contributed by atoms with Crippen LogP contribution in [0.2, 0.25) is 0 Å². The molecule has 1 aliphatic heterocycles. The Balaban J connectivity index is 1.65. The van der Waals surface area contributed by atoms with Crippen LogP contribution in [-0.4, -0.2) is 18.2 Å². The molecule has 0 radical (unpaired) electrons. The average Bonchev–Trinajstić information content (AvgIpc) is 2.78. The highest BCUT2D eigenvalue weighted by atomic mass is 79.9. The van der Waals surface area contributed by atoms with E-state index in [9.17, 15) is 4.39 Å². The lowest BCUT2D eigenvalue weighted by molar-refractivity contribution is -0.171. The van der Waals surface area contributed by atoms with Crippen molar-refractivity contribution in [2.75, 3.05) is 11.9 Å². The largest absolute Gasteiger partial charge is 0.485 e. The molecule has 0 amide bonds. The molecule has 1 N–H and O–H groups in total. The number of fused-ring (bicyclic) bond motifs is 1. The van der Waals surface area contributed by atoms with Gasteiger partial charge in [0.2, 0.25) is 0 Å². The Bertz CT molecular complexity index is 1090. The van der Waals surface area contributed by atoms with Crippen molar-refractivity contribution in [3.05, 3.63) is 93.7 Å². The standard InChI is InChI=1S/C27H29BrFNO3/c1-4-30-21-12-13-24-22(15-21)25(31-16-18-8-6-5-7-9-18)26(27(2,3)33-24)32-17-19-10-11-20(28)14-23(19)29/h5-15,25-26,30H,4,16-17H2,1-3H3. The van der Waals surface area contributed by atoms with E-state index in [0.717, 1.165) is 29.1 Å². The number of rotatable bonds is 8. The van der Waals surface area contributed by atoms with Crippen molar-refractivity contribution in [1.29, 1.82) is 0 Å². The van der Waals surface area contributed by atoms with Crippen LogP contribution in [-0.2, 0) is 22.7 Å². The molecular formula is C27H29BrFNO3. The van der Waals surface area contributed by atoms with Gasteiger partial charge in [0, 0.05) is 27.8 Å². The minimum Gasteiger partial charge on any atom is -0.485 e. The van der Waals surface area contributed by atoms with Gasteiger partial charge in [-0.25, -0.2) is 4.39 Å². The Morgan fingerprint density at radius 2 is 1.79 bits per heavy atom. The normalized spacial score (nSPS) is 18.9. The van der Waals surface area contributed by atoms with Gasteiger partial charge >= 0.3 is 0 Å². The van der Waals surface area contributed by atoms with Crippen molar-refractivity contribution in [3.8, 4) is 5.75 Å². The van der Waals surface area contributed by atoms with Crippen LogP contribution in [0.5, 0.6) is 5.75 Å². The number of hydrogen-bond donors (Lipinski definition) is 1. The molecule has 0 bridgehead atoms. The SMILES string of the molecule is CCNc1ccc2c(c1)C(OCc1ccccc1)C(OCc1ccc(Br)cc1F)C(C)(C)O2. The van der Waals surface area contributed by atoms with Crippen LogP contribution in [0, 0.1) is 5.82 Å². The fourth-order valence-electron chi connectivity index (χ4n) is 4.09. The van der Waals surface area contributed by atoms with Crippen molar-refractivity contribution in [1.82, 2.24) is 0 Å². The average molecular weight is 514 g/mol. The van der Waals surface area contributed by atoms with E-state index in [1.165, 1.54) is 6.07 Å². The van der Waals surface area contributed by atoms with Gasteiger partial charge in [0.15, 0.2) is 0 Å². The van der Waals surface area contributed by atoms with Crippen molar-refractivity contribution in [2.24, 2.45) is 0 Å². The maximum Gasteiger partial charge on any atom is 0.132 e. The second kappa shape index (κ2) is 10.2. The maximum atomic E-state index is 14.5. The predicted molar refractivity (Wildman–Crippen MR) is 132 cm³/mol. The van der Waals surface area contributed by atoms with E-state index < -0.39 is 11.7 Å². The lowest BCUT2D eigenvalue weighted by Crippen LogP contribution is -2.51. The Morgan fingerprint density at radius 1 is 1.00 bits per heavy atom. The first-order valence-corrected chi connectivity index (χ1v) is 11.9. The highest BCUT2D eigenvalue weighted by molar-refractivity contribution is 9.10. The second-order valence-corrected chi connectivity index (χ2v) is 9.59. The zero-order valence-corrected chi connectivity index (χ0v) is 20.7. The third kappa shape index (κ3) is 5.57. The molecule has 0 aliphatic carbocycles. The summed E-state index contributed by atoms with van der Waals surface area (Å²) in [6, 6.07) is 21.1. The first kappa shape index (κ1) is 23.7. The van der Waals surface area contributed by atoms with Gasteiger partial charge in [0.1, 0.15) is 29.4 Å². The van der Waals surface area contributed by atoms with E-state index in [-0.39, 0.29) is 18.5 Å². The van der Waals surface area contributed by atoms with E-state index in [4.69, 9.17) is 14.2 Å². The fraction of sp³-hybridized carbons (Fsp3) is 0.333. The molecule has 3 aromatic carbocycles. The Morgan fingerprint density at radius 3 is 2.52 bits per heavy atom. The summed E-state index contributed by atoms with van der Waals surface area (Å²) in [6.07, 6.45) is -0.838. The van der Waals surface area contributed by atoms with E-state index in [1.54, 1.807) is 6.07 Å². The molecule has 4 rings (SSSR count). The van der Waals surface area contributed by atoms with Gasteiger partial charge in [0.25, 0.3) is 0 Å². The Labute approximate surface area is 203 Å². The molecule has 3 aromatic rings. The quantitative estimate of drug-likeness (QED) is 0.350. The number of nitrogens with one attached hydrogen (secondary N) is 1. The summed E-state index contributed by atoms with van der Waals surface area (Å²) in [4.78, 5) is 0. The summed E-state index contributed by atoms with van der Waals surface area (Å²) in [5, 5.41) is 3.35. The van der Waals surface area contributed by atoms with Gasteiger partial charge in [-0.05, 0) is 56.7 Å². The maximum absolute atomic E-state index is 14.5. The van der Waals surface area contributed by atoms with Gasteiger partial charge in [-0.3, -0.25) is 0 Å². The van der Waals surface area contributed by atoms with Gasteiger partial charge < -0.3 is 19.5 Å². The fourth-order valence-corrected chi connectivity index (χ4v) is 4.42. The molecule has 0 spiro atoms. The molecule has 0 saturated heterocycles. The monoisotopic (exact) mass is 513 g/mol. The number of ether oxygens (including phenoxy) is 3. The van der Waals surface area contributed by atoms with E-state index in [2.05, 4.69) is 34.2 Å². The van der Waals surface area contributed by atoms with E-state index in [1.807, 2.05) is 62.4 Å². The lowest BCUT2D eigenvalue weighted by Gasteiger charge is -2.44. The number of halogens is 2.